The van der Waals surface area contributed by atoms with E-state index in [0.29, 0.717) is 53.8 Å². The van der Waals surface area contributed by atoms with Crippen LogP contribution in [-0.2, 0) is 25.4 Å². The van der Waals surface area contributed by atoms with Gasteiger partial charge < -0.3 is 36.7 Å². The SMILES string of the molecule is CCCC(NS(=O)(=O)Cc1nc2oc(-c3ccc(C)cc3)c(C(=O)NC)c2cc1C1CC1)C(=O)O.N=C(N)NCCCC(N)C(=O)O. The Morgan fingerprint density at radius 2 is 1.79 bits per heavy atom. The number of aliphatic carboxylic acids is 2. The van der Waals surface area contributed by atoms with Crippen molar-refractivity contribution in [1.29, 1.82) is 5.41 Å². The monoisotopic (exact) mass is 673 g/mol. The number of furan rings is 1. The van der Waals surface area contributed by atoms with Crippen LogP contribution in [0.15, 0.2) is 34.7 Å². The normalized spacial score (nSPS) is 14.0. The number of benzene rings is 1. The van der Waals surface area contributed by atoms with Gasteiger partial charge in [0.15, 0.2) is 5.96 Å². The lowest BCUT2D eigenvalue weighted by Crippen LogP contribution is -2.41. The van der Waals surface area contributed by atoms with Crippen molar-refractivity contribution < 1.29 is 37.4 Å². The molecule has 2 unspecified atom stereocenters. The average molecular weight is 674 g/mol. The molecule has 0 radical (unpaired) electrons. The van der Waals surface area contributed by atoms with Crippen LogP contribution < -0.4 is 26.8 Å². The number of sulfonamides is 1. The highest BCUT2D eigenvalue weighted by atomic mass is 32.2. The lowest BCUT2D eigenvalue weighted by Gasteiger charge is -2.15. The molecular formula is C31H43N7O8S. The number of carbonyl (C=O) groups is 3. The van der Waals surface area contributed by atoms with Crippen molar-refractivity contribution in [2.24, 2.45) is 11.5 Å². The van der Waals surface area contributed by atoms with Crippen LogP contribution in [0.25, 0.3) is 22.4 Å². The third-order valence-electron chi connectivity index (χ3n) is 7.43. The fraction of sp³-hybridized carbons (Fsp3) is 0.452. The minimum Gasteiger partial charge on any atom is -0.480 e. The van der Waals surface area contributed by atoms with E-state index in [0.717, 1.165) is 24.0 Å². The van der Waals surface area contributed by atoms with Gasteiger partial charge >= 0.3 is 11.9 Å². The average Bonchev–Trinajstić information content (AvgIpc) is 3.79. The molecule has 2 heterocycles. The minimum absolute atomic E-state index is 0.112. The predicted octanol–water partition coefficient (Wildman–Crippen LogP) is 2.37. The topological polar surface area (TPSA) is 264 Å². The lowest BCUT2D eigenvalue weighted by molar-refractivity contribution is -0.139. The van der Waals surface area contributed by atoms with Crippen molar-refractivity contribution in [2.75, 3.05) is 13.6 Å². The van der Waals surface area contributed by atoms with E-state index in [1.165, 1.54) is 7.05 Å². The summed E-state index contributed by atoms with van der Waals surface area (Å²) in [6.45, 7) is 4.23. The molecule has 1 aliphatic carbocycles. The molecule has 3 aromatic rings. The summed E-state index contributed by atoms with van der Waals surface area (Å²) in [7, 11) is -2.45. The second kappa shape index (κ2) is 16.3. The van der Waals surface area contributed by atoms with Gasteiger partial charge in [-0.2, -0.15) is 0 Å². The number of carboxylic acids is 2. The zero-order chi connectivity index (χ0) is 34.9. The summed E-state index contributed by atoms with van der Waals surface area (Å²) in [6.07, 6.45) is 3.46. The second-order valence-electron chi connectivity index (χ2n) is 11.4. The Kier molecular flexibility index (Phi) is 12.8. The Bertz CT molecular complexity index is 1700. The van der Waals surface area contributed by atoms with Gasteiger partial charge in [0.25, 0.3) is 5.91 Å². The number of nitrogens with zero attached hydrogens (tertiary/aromatic N) is 1. The van der Waals surface area contributed by atoms with Crippen LogP contribution in [0.4, 0.5) is 0 Å². The summed E-state index contributed by atoms with van der Waals surface area (Å²) >= 11 is 0. The number of guanidine groups is 1. The van der Waals surface area contributed by atoms with E-state index in [9.17, 15) is 27.9 Å². The van der Waals surface area contributed by atoms with Crippen LogP contribution in [0.2, 0.25) is 0 Å². The Labute approximate surface area is 273 Å². The second-order valence-corrected chi connectivity index (χ2v) is 13.1. The van der Waals surface area contributed by atoms with Gasteiger partial charge in [0.05, 0.1) is 16.6 Å². The van der Waals surface area contributed by atoms with E-state index in [4.69, 9.17) is 26.4 Å². The van der Waals surface area contributed by atoms with Crippen LogP contribution in [0, 0.1) is 12.3 Å². The number of pyridine rings is 1. The molecule has 2 aromatic heterocycles. The molecule has 0 bridgehead atoms. The number of fused-ring (bicyclic) bond motifs is 1. The number of carbonyl (C=O) groups excluding carboxylic acids is 1. The molecule has 1 aliphatic rings. The molecule has 0 aliphatic heterocycles. The number of hydrogen-bond donors (Lipinski definition) is 8. The molecule has 0 saturated heterocycles. The van der Waals surface area contributed by atoms with Gasteiger partial charge in [-0.3, -0.25) is 19.8 Å². The first-order valence-electron chi connectivity index (χ1n) is 15.2. The fourth-order valence-corrected chi connectivity index (χ4v) is 6.15. The quantitative estimate of drug-likeness (QED) is 0.0657. The van der Waals surface area contributed by atoms with E-state index in [1.54, 1.807) is 13.0 Å². The summed E-state index contributed by atoms with van der Waals surface area (Å²) in [5.41, 5.74) is 13.5. The van der Waals surface area contributed by atoms with Crippen LogP contribution in [0.5, 0.6) is 0 Å². The van der Waals surface area contributed by atoms with Gasteiger partial charge in [0, 0.05) is 19.2 Å². The van der Waals surface area contributed by atoms with Gasteiger partial charge in [-0.25, -0.2) is 18.1 Å². The highest BCUT2D eigenvalue weighted by molar-refractivity contribution is 7.88. The molecule has 2 atom stereocenters. The van der Waals surface area contributed by atoms with Crippen LogP contribution in [0.3, 0.4) is 0 Å². The predicted molar refractivity (Wildman–Crippen MR) is 176 cm³/mol. The maximum Gasteiger partial charge on any atom is 0.321 e. The summed E-state index contributed by atoms with van der Waals surface area (Å²) < 4.78 is 34.1. The zero-order valence-electron chi connectivity index (χ0n) is 26.6. The molecule has 1 amide bonds. The smallest absolute Gasteiger partial charge is 0.321 e. The summed E-state index contributed by atoms with van der Waals surface area (Å²) in [5, 5.41) is 30.3. The van der Waals surface area contributed by atoms with Crippen molar-refractivity contribution in [3.05, 3.63) is 52.7 Å². The number of carboxylic acid groups (broad SMARTS) is 2. The van der Waals surface area contributed by atoms with E-state index < -0.39 is 39.8 Å². The highest BCUT2D eigenvalue weighted by Gasteiger charge is 2.33. The van der Waals surface area contributed by atoms with Crippen molar-refractivity contribution in [3.63, 3.8) is 0 Å². The van der Waals surface area contributed by atoms with Crippen LogP contribution in [-0.4, -0.2) is 73.1 Å². The van der Waals surface area contributed by atoms with Gasteiger partial charge in [-0.1, -0.05) is 43.2 Å². The summed E-state index contributed by atoms with van der Waals surface area (Å²) in [4.78, 5) is 39.1. The standard InChI is InChI=1S/C25H29N3O6S.C6H14N4O2/c1-4-5-19(25(30)31)28-35(32,33)13-20-17(15-10-11-15)12-18-21(23(29)26-3)22(34-24(18)27-20)16-8-6-14(2)7-9-16;7-4(5(11)12)2-1-3-10-6(8)9/h6-9,12,15,19,28H,4-5,10-11,13H2,1-3H3,(H,26,29)(H,30,31);4H,1-3,7H2,(H,11,12)(H4,8,9,10). The van der Waals surface area contributed by atoms with Gasteiger partial charge in [-0.05, 0) is 56.6 Å². The minimum atomic E-state index is -3.99. The highest BCUT2D eigenvalue weighted by Crippen LogP contribution is 2.44. The maximum absolute atomic E-state index is 12.9. The first-order valence-corrected chi connectivity index (χ1v) is 16.9. The van der Waals surface area contributed by atoms with Gasteiger partial charge in [0.2, 0.25) is 15.7 Å². The Hall–Kier alpha value is -4.54. The van der Waals surface area contributed by atoms with Gasteiger partial charge in [0.1, 0.15) is 23.6 Å². The number of hydrogen-bond acceptors (Lipinski definition) is 9. The summed E-state index contributed by atoms with van der Waals surface area (Å²) in [5.74, 6) is -2.63. The van der Waals surface area contributed by atoms with E-state index >= 15 is 0 Å². The Morgan fingerprint density at radius 3 is 2.32 bits per heavy atom. The fourth-order valence-electron chi connectivity index (χ4n) is 4.83. The van der Waals surface area contributed by atoms with Crippen molar-refractivity contribution in [3.8, 4) is 11.3 Å². The van der Waals surface area contributed by atoms with E-state index in [-0.39, 0.29) is 29.9 Å². The number of amides is 1. The number of rotatable bonds is 15. The molecule has 10 N–H and O–H groups in total. The van der Waals surface area contributed by atoms with E-state index in [1.807, 2.05) is 31.2 Å². The van der Waals surface area contributed by atoms with Crippen molar-refractivity contribution >= 4 is 44.9 Å². The van der Waals surface area contributed by atoms with Crippen LogP contribution in [0.1, 0.15) is 78.5 Å². The van der Waals surface area contributed by atoms with Crippen LogP contribution >= 0.6 is 0 Å². The third-order valence-corrected chi connectivity index (χ3v) is 8.73. The van der Waals surface area contributed by atoms with Gasteiger partial charge in [-0.15, -0.1) is 0 Å². The number of aryl methyl sites for hydroxylation is 1. The molecule has 1 fully saturated rings. The lowest BCUT2D eigenvalue weighted by atomic mass is 10.0. The molecule has 4 rings (SSSR count). The zero-order valence-corrected chi connectivity index (χ0v) is 27.4. The first kappa shape index (κ1) is 36.9. The molecule has 15 nitrogen and oxygen atoms in total. The molecule has 0 spiro atoms. The number of aromatic nitrogens is 1. The largest absolute Gasteiger partial charge is 0.480 e. The first-order chi connectivity index (χ1) is 22.2. The molecule has 47 heavy (non-hydrogen) atoms. The van der Waals surface area contributed by atoms with Crippen molar-refractivity contribution in [2.45, 2.75) is 76.1 Å². The third kappa shape index (κ3) is 10.5. The molecular weight excluding hydrogens is 630 g/mol. The van der Waals surface area contributed by atoms with E-state index in [2.05, 4.69) is 20.3 Å². The Morgan fingerprint density at radius 1 is 1.13 bits per heavy atom. The molecule has 16 heteroatoms. The maximum atomic E-state index is 12.9. The van der Waals surface area contributed by atoms with Crippen molar-refractivity contribution in [1.82, 2.24) is 20.3 Å². The molecule has 1 aromatic carbocycles. The number of nitrogens with two attached hydrogens (primary N) is 2. The molecule has 1 saturated carbocycles. The Balaban J connectivity index is 0.000000426. The number of nitrogens with one attached hydrogen (secondary N) is 4. The summed E-state index contributed by atoms with van der Waals surface area (Å²) in [6, 6.07) is 7.33. The molecule has 256 valence electrons.